The highest BCUT2D eigenvalue weighted by Crippen LogP contribution is 2.22. The van der Waals surface area contributed by atoms with Gasteiger partial charge in [0.1, 0.15) is 0 Å². The Balaban J connectivity index is 1.58. The molecule has 0 saturated heterocycles. The maximum Gasteiger partial charge on any atom is 0.264 e. The maximum absolute atomic E-state index is 12.8. The zero-order valence-electron chi connectivity index (χ0n) is 16.0. The van der Waals surface area contributed by atoms with E-state index in [1.807, 2.05) is 36.4 Å². The number of hydrogen-bond donors (Lipinski definition) is 1. The van der Waals surface area contributed by atoms with Crippen molar-refractivity contribution in [1.82, 2.24) is 5.32 Å². The summed E-state index contributed by atoms with van der Waals surface area (Å²) >= 11 is 1.66. The Morgan fingerprint density at radius 1 is 0.897 bits per heavy atom. The molecule has 150 valence electrons. The highest BCUT2D eigenvalue weighted by atomic mass is 32.2. The monoisotopic (exact) mass is 426 g/mol. The number of thioether (sulfide) groups is 1. The molecule has 3 aromatic carbocycles. The van der Waals surface area contributed by atoms with Gasteiger partial charge in [-0.15, -0.1) is 11.8 Å². The number of rotatable bonds is 8. The molecule has 0 aliphatic heterocycles. The Bertz CT molecular complexity index is 1040. The van der Waals surface area contributed by atoms with Crippen molar-refractivity contribution >= 4 is 33.4 Å². The Hall–Kier alpha value is -2.77. The summed E-state index contributed by atoms with van der Waals surface area (Å²) in [6.45, 7) is 0.523. The Morgan fingerprint density at radius 3 is 2.10 bits per heavy atom. The Kier molecular flexibility index (Phi) is 6.95. The van der Waals surface area contributed by atoms with Crippen molar-refractivity contribution < 1.29 is 13.2 Å². The minimum Gasteiger partial charge on any atom is -0.351 e. The van der Waals surface area contributed by atoms with Crippen LogP contribution in [-0.2, 0) is 10.0 Å². The predicted octanol–water partition coefficient (Wildman–Crippen LogP) is 4.03. The molecule has 0 aliphatic rings. The topological polar surface area (TPSA) is 66.5 Å². The molecular formula is C22H22N2O3S2. The summed E-state index contributed by atoms with van der Waals surface area (Å²) in [5, 5.41) is 2.86. The van der Waals surface area contributed by atoms with Crippen molar-refractivity contribution in [2.45, 2.75) is 9.79 Å². The number of anilines is 1. The highest BCUT2D eigenvalue weighted by Gasteiger charge is 2.21. The van der Waals surface area contributed by atoms with Crippen LogP contribution in [0.25, 0.3) is 0 Å². The molecule has 0 saturated carbocycles. The quantitative estimate of drug-likeness (QED) is 0.436. The molecule has 5 nitrogen and oxygen atoms in total. The molecule has 0 bridgehead atoms. The molecule has 0 aliphatic carbocycles. The van der Waals surface area contributed by atoms with Gasteiger partial charge in [-0.1, -0.05) is 36.4 Å². The SMILES string of the molecule is CN(c1ccccc1)S(=O)(=O)c1ccc(C(=O)NCCSc2ccccc2)cc1. The van der Waals surface area contributed by atoms with Crippen molar-refractivity contribution in [2.24, 2.45) is 0 Å². The largest absolute Gasteiger partial charge is 0.351 e. The third-order valence-corrected chi connectivity index (χ3v) is 7.11. The smallest absolute Gasteiger partial charge is 0.264 e. The number of para-hydroxylation sites is 1. The summed E-state index contributed by atoms with van der Waals surface area (Å²) in [6.07, 6.45) is 0. The minimum atomic E-state index is -3.69. The van der Waals surface area contributed by atoms with E-state index >= 15 is 0 Å². The molecule has 0 heterocycles. The minimum absolute atomic E-state index is 0.139. The third kappa shape index (κ3) is 5.40. The van der Waals surface area contributed by atoms with E-state index in [4.69, 9.17) is 0 Å². The van der Waals surface area contributed by atoms with Crippen molar-refractivity contribution in [3.63, 3.8) is 0 Å². The molecule has 0 atom stereocenters. The van der Waals surface area contributed by atoms with E-state index in [0.717, 1.165) is 10.6 Å². The summed E-state index contributed by atoms with van der Waals surface area (Å²) < 4.78 is 26.8. The third-order valence-electron chi connectivity index (χ3n) is 4.29. The Morgan fingerprint density at radius 2 is 1.48 bits per heavy atom. The fourth-order valence-electron chi connectivity index (χ4n) is 2.67. The first-order valence-corrected chi connectivity index (χ1v) is 11.5. The summed E-state index contributed by atoms with van der Waals surface area (Å²) in [5.74, 6) is 0.531. The highest BCUT2D eigenvalue weighted by molar-refractivity contribution is 7.99. The van der Waals surface area contributed by atoms with E-state index in [1.54, 1.807) is 36.0 Å². The number of sulfonamides is 1. The molecule has 3 rings (SSSR count). The second-order valence-electron chi connectivity index (χ2n) is 6.25. The number of nitrogens with zero attached hydrogens (tertiary/aromatic N) is 1. The van der Waals surface area contributed by atoms with Gasteiger partial charge in [0.05, 0.1) is 10.6 Å². The van der Waals surface area contributed by atoms with Gasteiger partial charge in [-0.05, 0) is 48.5 Å². The number of amides is 1. The first-order chi connectivity index (χ1) is 14.0. The van der Waals surface area contributed by atoms with Gasteiger partial charge in [-0.25, -0.2) is 8.42 Å². The van der Waals surface area contributed by atoms with E-state index in [0.29, 0.717) is 17.8 Å². The number of carbonyl (C=O) groups is 1. The van der Waals surface area contributed by atoms with Crippen LogP contribution in [0.5, 0.6) is 0 Å². The van der Waals surface area contributed by atoms with Gasteiger partial charge in [0, 0.05) is 29.8 Å². The second kappa shape index (κ2) is 9.62. The summed E-state index contributed by atoms with van der Waals surface area (Å²) in [7, 11) is -2.18. The van der Waals surface area contributed by atoms with Crippen molar-refractivity contribution in [2.75, 3.05) is 23.7 Å². The van der Waals surface area contributed by atoms with Crippen molar-refractivity contribution in [3.05, 3.63) is 90.5 Å². The molecule has 0 unspecified atom stereocenters. The van der Waals surface area contributed by atoms with Crippen molar-refractivity contribution in [3.8, 4) is 0 Å². The van der Waals surface area contributed by atoms with Crippen LogP contribution in [0, 0.1) is 0 Å². The lowest BCUT2D eigenvalue weighted by Crippen LogP contribution is -2.27. The van der Waals surface area contributed by atoms with Gasteiger partial charge in [0.2, 0.25) is 0 Å². The fourth-order valence-corrected chi connectivity index (χ4v) is 4.65. The van der Waals surface area contributed by atoms with Gasteiger partial charge >= 0.3 is 0 Å². The summed E-state index contributed by atoms with van der Waals surface area (Å²) in [5.41, 5.74) is 1.00. The number of nitrogens with one attached hydrogen (secondary N) is 1. The van der Waals surface area contributed by atoms with Gasteiger partial charge in [0.15, 0.2) is 0 Å². The van der Waals surface area contributed by atoms with Crippen LogP contribution >= 0.6 is 11.8 Å². The molecule has 0 fully saturated rings. The van der Waals surface area contributed by atoms with E-state index < -0.39 is 10.0 Å². The summed E-state index contributed by atoms with van der Waals surface area (Å²) in [6, 6.07) is 24.8. The maximum atomic E-state index is 12.8. The number of benzene rings is 3. The van der Waals surface area contributed by atoms with Gasteiger partial charge in [0.25, 0.3) is 15.9 Å². The van der Waals surface area contributed by atoms with Crippen LogP contribution < -0.4 is 9.62 Å². The first kappa shape index (κ1) is 21.0. The molecular weight excluding hydrogens is 404 g/mol. The van der Waals surface area contributed by atoms with Crippen LogP contribution in [0.15, 0.2) is 94.7 Å². The Labute approximate surface area is 175 Å². The fraction of sp³-hybridized carbons (Fsp3) is 0.136. The molecule has 0 spiro atoms. The lowest BCUT2D eigenvalue weighted by molar-refractivity contribution is 0.0956. The second-order valence-corrected chi connectivity index (χ2v) is 9.39. The molecule has 0 radical (unpaired) electrons. The van der Waals surface area contributed by atoms with Crippen LogP contribution in [0.1, 0.15) is 10.4 Å². The average molecular weight is 427 g/mol. The molecule has 29 heavy (non-hydrogen) atoms. The molecule has 7 heteroatoms. The van der Waals surface area contributed by atoms with Gasteiger partial charge < -0.3 is 5.32 Å². The summed E-state index contributed by atoms with van der Waals surface area (Å²) in [4.78, 5) is 13.6. The number of carbonyl (C=O) groups excluding carboxylic acids is 1. The zero-order valence-corrected chi connectivity index (χ0v) is 17.6. The molecule has 1 amide bonds. The van der Waals surface area contributed by atoms with E-state index in [1.165, 1.54) is 35.6 Å². The predicted molar refractivity (Wildman–Crippen MR) is 118 cm³/mol. The van der Waals surface area contributed by atoms with Crippen LogP contribution in [0.4, 0.5) is 5.69 Å². The standard InChI is InChI=1S/C22H22N2O3S2/c1-24(19-8-4-2-5-9-19)29(26,27)21-14-12-18(13-15-21)22(25)23-16-17-28-20-10-6-3-7-11-20/h2-15H,16-17H2,1H3,(H,23,25). The van der Waals surface area contributed by atoms with E-state index in [-0.39, 0.29) is 10.8 Å². The zero-order chi connectivity index (χ0) is 20.7. The normalized spacial score (nSPS) is 11.1. The van der Waals surface area contributed by atoms with E-state index in [2.05, 4.69) is 5.32 Å². The number of hydrogen-bond acceptors (Lipinski definition) is 4. The molecule has 3 aromatic rings. The first-order valence-electron chi connectivity index (χ1n) is 9.08. The van der Waals surface area contributed by atoms with Crippen LogP contribution in [-0.4, -0.2) is 33.7 Å². The molecule has 1 N–H and O–H groups in total. The lowest BCUT2D eigenvalue weighted by Gasteiger charge is -2.19. The van der Waals surface area contributed by atoms with Crippen molar-refractivity contribution in [1.29, 1.82) is 0 Å². The van der Waals surface area contributed by atoms with Crippen LogP contribution in [0.3, 0.4) is 0 Å². The lowest BCUT2D eigenvalue weighted by atomic mass is 10.2. The van der Waals surface area contributed by atoms with Gasteiger partial charge in [-0.3, -0.25) is 9.10 Å². The molecule has 0 aromatic heterocycles. The van der Waals surface area contributed by atoms with Gasteiger partial charge in [-0.2, -0.15) is 0 Å². The van der Waals surface area contributed by atoms with Crippen LogP contribution in [0.2, 0.25) is 0 Å². The van der Waals surface area contributed by atoms with E-state index in [9.17, 15) is 13.2 Å². The average Bonchev–Trinajstić information content (AvgIpc) is 2.77.